The third kappa shape index (κ3) is 4.12. The van der Waals surface area contributed by atoms with Gasteiger partial charge in [0.2, 0.25) is 0 Å². The van der Waals surface area contributed by atoms with Crippen LogP contribution in [0.2, 0.25) is 0 Å². The highest BCUT2D eigenvalue weighted by atomic mass is 32.1. The fraction of sp³-hybridized carbons (Fsp3) is 0.429. The van der Waals surface area contributed by atoms with Crippen LogP contribution in [0, 0.1) is 5.82 Å². The molecule has 0 spiro atoms. The maximum absolute atomic E-state index is 13.3. The van der Waals surface area contributed by atoms with Gasteiger partial charge in [-0.05, 0) is 68.8 Å². The number of nitrogens with zero attached hydrogens (tertiary/aromatic N) is 2. The van der Waals surface area contributed by atoms with Crippen molar-refractivity contribution in [2.75, 3.05) is 18.4 Å². The van der Waals surface area contributed by atoms with Gasteiger partial charge < -0.3 is 10.6 Å². The summed E-state index contributed by atoms with van der Waals surface area (Å²) in [5.74, 6) is 0.785. The van der Waals surface area contributed by atoms with Gasteiger partial charge in [-0.2, -0.15) is 0 Å². The Balaban J connectivity index is 1.32. The van der Waals surface area contributed by atoms with Crippen molar-refractivity contribution in [3.8, 4) is 0 Å². The molecular formula is C21H25FN4S. The Kier molecular flexibility index (Phi) is 5.64. The number of nitrogens with one attached hydrogen (secondary N) is 2. The quantitative estimate of drug-likeness (QED) is 0.571. The second-order valence-corrected chi connectivity index (χ2v) is 8.21. The lowest BCUT2D eigenvalue weighted by Gasteiger charge is -2.15. The Morgan fingerprint density at radius 2 is 2.07 bits per heavy atom. The molecule has 0 aliphatic heterocycles. The molecule has 0 radical (unpaired) electrons. The summed E-state index contributed by atoms with van der Waals surface area (Å²) < 4.78 is 13.3. The van der Waals surface area contributed by atoms with E-state index in [0.717, 1.165) is 42.1 Å². The summed E-state index contributed by atoms with van der Waals surface area (Å²) in [4.78, 5) is 11.6. The molecule has 2 N–H and O–H groups in total. The maximum atomic E-state index is 13.3. The lowest BCUT2D eigenvalue weighted by Crippen LogP contribution is -2.22. The largest absolute Gasteiger partial charge is 0.369 e. The Morgan fingerprint density at radius 1 is 1.19 bits per heavy atom. The van der Waals surface area contributed by atoms with Gasteiger partial charge in [-0.25, -0.2) is 14.4 Å². The van der Waals surface area contributed by atoms with Gasteiger partial charge in [-0.3, -0.25) is 0 Å². The van der Waals surface area contributed by atoms with Gasteiger partial charge in [-0.15, -0.1) is 11.3 Å². The molecule has 6 heteroatoms. The molecule has 27 heavy (non-hydrogen) atoms. The second kappa shape index (κ2) is 8.31. The van der Waals surface area contributed by atoms with Crippen molar-refractivity contribution in [1.82, 2.24) is 15.3 Å². The number of halogens is 1. The maximum Gasteiger partial charge on any atom is 0.138 e. The standard InChI is InChI=1S/C21H25FN4S/c1-14(15-6-4-7-16(22)12-15)23-10-5-11-24-20-19-17-8-2-3-9-18(17)27-21(19)26-13-25-20/h4,6-7,12-14,23H,2-3,5,8-11H2,1H3,(H,24,25,26). The number of thiophene rings is 1. The van der Waals surface area contributed by atoms with Gasteiger partial charge in [0.05, 0.1) is 5.39 Å². The molecule has 0 fully saturated rings. The van der Waals surface area contributed by atoms with Crippen molar-refractivity contribution in [1.29, 1.82) is 0 Å². The van der Waals surface area contributed by atoms with E-state index in [2.05, 4.69) is 27.5 Å². The monoisotopic (exact) mass is 384 g/mol. The van der Waals surface area contributed by atoms with Crippen LogP contribution < -0.4 is 10.6 Å². The molecule has 0 amide bonds. The van der Waals surface area contributed by atoms with Gasteiger partial charge in [0.15, 0.2) is 0 Å². The predicted molar refractivity (Wildman–Crippen MR) is 110 cm³/mol. The molecule has 142 valence electrons. The summed E-state index contributed by atoms with van der Waals surface area (Å²) in [7, 11) is 0. The Morgan fingerprint density at radius 3 is 2.96 bits per heavy atom. The van der Waals surface area contributed by atoms with E-state index in [0.29, 0.717) is 0 Å². The minimum absolute atomic E-state index is 0.135. The van der Waals surface area contributed by atoms with E-state index >= 15 is 0 Å². The number of anilines is 1. The van der Waals surface area contributed by atoms with Crippen molar-refractivity contribution in [2.45, 2.75) is 45.1 Å². The van der Waals surface area contributed by atoms with E-state index in [1.165, 1.54) is 41.2 Å². The number of hydrogen-bond acceptors (Lipinski definition) is 5. The third-order valence-corrected chi connectivity index (χ3v) is 6.40. The summed E-state index contributed by atoms with van der Waals surface area (Å²) in [6.45, 7) is 3.77. The Hall–Kier alpha value is -2.05. The third-order valence-electron chi connectivity index (χ3n) is 5.20. The van der Waals surface area contributed by atoms with Gasteiger partial charge in [-0.1, -0.05) is 12.1 Å². The number of benzene rings is 1. The molecule has 1 atom stereocenters. The number of aromatic nitrogens is 2. The summed E-state index contributed by atoms with van der Waals surface area (Å²) in [6.07, 6.45) is 7.50. The van der Waals surface area contributed by atoms with E-state index in [9.17, 15) is 4.39 Å². The highest BCUT2D eigenvalue weighted by molar-refractivity contribution is 7.19. The lowest BCUT2D eigenvalue weighted by atomic mass is 9.97. The smallest absolute Gasteiger partial charge is 0.138 e. The van der Waals surface area contributed by atoms with Crippen LogP contribution in [0.15, 0.2) is 30.6 Å². The first-order chi connectivity index (χ1) is 13.2. The molecule has 4 nitrogen and oxygen atoms in total. The van der Waals surface area contributed by atoms with Gasteiger partial charge in [0.25, 0.3) is 0 Å². The fourth-order valence-electron chi connectivity index (χ4n) is 3.73. The summed E-state index contributed by atoms with van der Waals surface area (Å²) >= 11 is 1.83. The molecule has 1 aliphatic carbocycles. The van der Waals surface area contributed by atoms with Gasteiger partial charge in [0.1, 0.15) is 22.8 Å². The lowest BCUT2D eigenvalue weighted by molar-refractivity contribution is 0.557. The minimum atomic E-state index is -0.185. The number of rotatable bonds is 7. The Bertz CT molecular complexity index is 924. The van der Waals surface area contributed by atoms with Crippen LogP contribution in [0.5, 0.6) is 0 Å². The normalized spacial score (nSPS) is 14.9. The highest BCUT2D eigenvalue weighted by Gasteiger charge is 2.19. The van der Waals surface area contributed by atoms with Crippen molar-refractivity contribution in [3.05, 3.63) is 52.4 Å². The van der Waals surface area contributed by atoms with Crippen LogP contribution in [0.3, 0.4) is 0 Å². The zero-order chi connectivity index (χ0) is 18.6. The molecule has 2 aromatic heterocycles. The molecular weight excluding hydrogens is 359 g/mol. The zero-order valence-electron chi connectivity index (χ0n) is 15.6. The van der Waals surface area contributed by atoms with Crippen LogP contribution in [-0.4, -0.2) is 23.1 Å². The van der Waals surface area contributed by atoms with Crippen molar-refractivity contribution >= 4 is 27.4 Å². The van der Waals surface area contributed by atoms with Crippen LogP contribution in [0.25, 0.3) is 10.2 Å². The first kappa shape index (κ1) is 18.3. The molecule has 4 rings (SSSR count). The molecule has 1 unspecified atom stereocenters. The SMILES string of the molecule is CC(NCCCNc1ncnc2sc3c(c12)CCCC3)c1cccc(F)c1. The first-order valence-corrected chi connectivity index (χ1v) is 10.5. The fourth-order valence-corrected chi connectivity index (χ4v) is 4.96. The van der Waals surface area contributed by atoms with Gasteiger partial charge in [0, 0.05) is 17.5 Å². The van der Waals surface area contributed by atoms with Crippen LogP contribution >= 0.6 is 11.3 Å². The molecule has 1 aromatic carbocycles. The molecule has 0 saturated carbocycles. The molecule has 0 bridgehead atoms. The Labute approximate surface area is 163 Å². The van der Waals surface area contributed by atoms with Crippen LogP contribution in [-0.2, 0) is 12.8 Å². The van der Waals surface area contributed by atoms with E-state index in [-0.39, 0.29) is 11.9 Å². The van der Waals surface area contributed by atoms with Crippen molar-refractivity contribution in [2.24, 2.45) is 0 Å². The molecule has 1 aliphatic rings. The first-order valence-electron chi connectivity index (χ1n) is 9.70. The minimum Gasteiger partial charge on any atom is -0.369 e. The number of aryl methyl sites for hydroxylation is 2. The highest BCUT2D eigenvalue weighted by Crippen LogP contribution is 2.38. The molecule has 0 saturated heterocycles. The van der Waals surface area contributed by atoms with Crippen molar-refractivity contribution < 1.29 is 4.39 Å². The second-order valence-electron chi connectivity index (χ2n) is 7.12. The predicted octanol–water partition coefficient (Wildman–Crippen LogP) is 4.86. The molecule has 2 heterocycles. The van der Waals surface area contributed by atoms with E-state index in [1.807, 2.05) is 17.4 Å². The van der Waals surface area contributed by atoms with Crippen molar-refractivity contribution in [3.63, 3.8) is 0 Å². The average Bonchev–Trinajstić information content (AvgIpc) is 3.07. The van der Waals surface area contributed by atoms with E-state index < -0.39 is 0 Å². The van der Waals surface area contributed by atoms with Gasteiger partial charge >= 0.3 is 0 Å². The summed E-state index contributed by atoms with van der Waals surface area (Å²) in [5.41, 5.74) is 2.44. The average molecular weight is 385 g/mol. The molecule has 3 aromatic rings. The van der Waals surface area contributed by atoms with Crippen LogP contribution in [0.4, 0.5) is 10.2 Å². The topological polar surface area (TPSA) is 49.8 Å². The van der Waals surface area contributed by atoms with Crippen LogP contribution in [0.1, 0.15) is 48.2 Å². The van der Waals surface area contributed by atoms with E-state index in [1.54, 1.807) is 18.5 Å². The zero-order valence-corrected chi connectivity index (χ0v) is 16.4. The summed E-state index contributed by atoms with van der Waals surface area (Å²) in [5, 5.41) is 8.19. The summed E-state index contributed by atoms with van der Waals surface area (Å²) in [6, 6.07) is 6.91. The number of hydrogen-bond donors (Lipinski definition) is 2. The van der Waals surface area contributed by atoms with E-state index in [4.69, 9.17) is 0 Å². The number of fused-ring (bicyclic) bond motifs is 3.